The van der Waals surface area contributed by atoms with Crippen LogP contribution in [0.15, 0.2) is 0 Å². The van der Waals surface area contributed by atoms with Crippen molar-refractivity contribution >= 4 is 23.4 Å². The predicted molar refractivity (Wildman–Crippen MR) is 66.8 cm³/mol. The molecule has 8 heteroatoms. The molecule has 0 bridgehead atoms. The zero-order valence-electron chi connectivity index (χ0n) is 12.1. The molecule has 1 amide bonds. The Morgan fingerprint density at radius 3 is 2.60 bits per heavy atom. The molecule has 0 unspecified atom stereocenters. The first kappa shape index (κ1) is 17.4. The Kier molecular flexibility index (Phi) is 5.60. The van der Waals surface area contributed by atoms with Gasteiger partial charge in [0.15, 0.2) is 0 Å². The molecule has 1 aromatic heterocycles. The molecule has 0 radical (unpaired) electrons. The van der Waals surface area contributed by atoms with Crippen LogP contribution in [0.1, 0.15) is 41.1 Å². The van der Waals surface area contributed by atoms with Gasteiger partial charge in [0.05, 0.1) is 12.2 Å². The monoisotopic (exact) mass is 306 g/mol. The van der Waals surface area contributed by atoms with E-state index in [4.69, 9.17) is 4.74 Å². The predicted octanol–water partition coefficient (Wildman–Crippen LogP) is -2.20. The van der Waals surface area contributed by atoms with Crippen LogP contribution in [-0.2, 0) is 17.7 Å². The number of rotatable bonds is 1. The summed E-state index contributed by atoms with van der Waals surface area (Å²) in [5, 5.41) is 10.7. The molecule has 0 saturated heterocycles. The molecule has 1 aromatic rings. The van der Waals surface area contributed by atoms with Crippen molar-refractivity contribution in [1.29, 1.82) is 0 Å². The number of carbonyl (C=O) groups is 2. The van der Waals surface area contributed by atoms with Gasteiger partial charge in [-0.2, -0.15) is 0 Å². The number of carboxylic acids is 1. The first-order valence-electron chi connectivity index (χ1n) is 5.94. The average molecular weight is 306 g/mol. The van der Waals surface area contributed by atoms with E-state index in [9.17, 15) is 14.7 Å². The third-order valence-corrected chi connectivity index (χ3v) is 3.62. The minimum absolute atomic E-state index is 0. The maximum Gasteiger partial charge on any atom is 1.00 e. The second kappa shape index (κ2) is 6.43. The summed E-state index contributed by atoms with van der Waals surface area (Å²) < 4.78 is 5.29. The molecule has 0 aliphatic carbocycles. The van der Waals surface area contributed by atoms with Gasteiger partial charge in [-0.3, -0.25) is 0 Å². The first-order valence-corrected chi connectivity index (χ1v) is 6.76. The number of ether oxygens (including phenoxy) is 1. The van der Waals surface area contributed by atoms with E-state index in [0.717, 1.165) is 21.9 Å². The van der Waals surface area contributed by atoms with Gasteiger partial charge in [0, 0.05) is 17.8 Å². The van der Waals surface area contributed by atoms with Crippen LogP contribution in [0.4, 0.5) is 4.79 Å². The van der Waals surface area contributed by atoms with Crippen LogP contribution >= 0.6 is 11.3 Å². The molecule has 0 spiro atoms. The van der Waals surface area contributed by atoms with Crippen LogP contribution < -0.4 is 34.7 Å². The second-order valence-corrected chi connectivity index (χ2v) is 6.41. The number of hydrogen-bond donors (Lipinski definition) is 0. The summed E-state index contributed by atoms with van der Waals surface area (Å²) in [6, 6.07) is 0. The molecule has 0 fully saturated rings. The van der Waals surface area contributed by atoms with Crippen LogP contribution in [0, 0.1) is 0 Å². The third kappa shape index (κ3) is 4.18. The Labute approximate surface area is 143 Å². The van der Waals surface area contributed by atoms with Crippen molar-refractivity contribution in [2.24, 2.45) is 0 Å². The van der Waals surface area contributed by atoms with Crippen molar-refractivity contribution in [3.05, 3.63) is 15.6 Å². The van der Waals surface area contributed by atoms with Crippen LogP contribution in [0.3, 0.4) is 0 Å². The third-order valence-electron chi connectivity index (χ3n) is 2.56. The molecular formula is C12H15N2NaO4S. The fourth-order valence-electron chi connectivity index (χ4n) is 1.77. The quantitative estimate of drug-likeness (QED) is 0.550. The van der Waals surface area contributed by atoms with Gasteiger partial charge in [0.2, 0.25) is 0 Å². The number of carboxylic acid groups (broad SMARTS) is 1. The van der Waals surface area contributed by atoms with E-state index in [1.54, 1.807) is 25.7 Å². The number of aromatic nitrogens is 1. The van der Waals surface area contributed by atoms with Gasteiger partial charge in [-0.05, 0) is 20.8 Å². The maximum absolute atomic E-state index is 11.9. The summed E-state index contributed by atoms with van der Waals surface area (Å²) in [5.74, 6) is -1.27. The van der Waals surface area contributed by atoms with E-state index >= 15 is 0 Å². The fourth-order valence-corrected chi connectivity index (χ4v) is 2.72. The molecule has 0 N–H and O–H groups in total. The van der Waals surface area contributed by atoms with Crippen LogP contribution in [0.5, 0.6) is 0 Å². The van der Waals surface area contributed by atoms with Gasteiger partial charge < -0.3 is 19.5 Å². The van der Waals surface area contributed by atoms with Crippen molar-refractivity contribution in [1.82, 2.24) is 9.88 Å². The normalized spacial score (nSPS) is 14.2. The van der Waals surface area contributed by atoms with Crippen molar-refractivity contribution < 1.29 is 49.0 Å². The summed E-state index contributed by atoms with van der Waals surface area (Å²) in [4.78, 5) is 29.0. The Morgan fingerprint density at radius 1 is 1.40 bits per heavy atom. The van der Waals surface area contributed by atoms with E-state index < -0.39 is 11.6 Å². The van der Waals surface area contributed by atoms with Gasteiger partial charge in [-0.25, -0.2) is 9.78 Å². The molecule has 6 nitrogen and oxygen atoms in total. The molecule has 2 rings (SSSR count). The summed E-state index contributed by atoms with van der Waals surface area (Å²) in [5.41, 5.74) is 0.199. The zero-order valence-corrected chi connectivity index (χ0v) is 14.9. The van der Waals surface area contributed by atoms with Gasteiger partial charge in [0.25, 0.3) is 0 Å². The van der Waals surface area contributed by atoms with Gasteiger partial charge >= 0.3 is 35.7 Å². The standard InChI is InChI=1S/C12H16N2O4S.Na/c1-12(2,3)18-11(17)14-5-4-7-8(6-14)19-9(13-7)10(15)16;/h4-6H2,1-3H3,(H,15,16);/q;+1/p-1. The van der Waals surface area contributed by atoms with Crippen molar-refractivity contribution in [3.8, 4) is 0 Å². The Morgan fingerprint density at radius 2 is 2.05 bits per heavy atom. The van der Waals surface area contributed by atoms with Crippen LogP contribution in [-0.4, -0.2) is 34.1 Å². The number of nitrogens with zero attached hydrogens (tertiary/aromatic N) is 2. The summed E-state index contributed by atoms with van der Waals surface area (Å²) in [6.45, 7) is 6.25. The molecular weight excluding hydrogens is 291 g/mol. The minimum atomic E-state index is -1.27. The number of thiazole rings is 1. The number of hydrogen-bond acceptors (Lipinski definition) is 6. The summed E-state index contributed by atoms with van der Waals surface area (Å²) in [6.07, 6.45) is 0.153. The molecule has 1 aliphatic heterocycles. The number of carbonyl (C=O) groups excluding carboxylic acids is 2. The van der Waals surface area contributed by atoms with Crippen molar-refractivity contribution in [2.75, 3.05) is 6.54 Å². The first-order chi connectivity index (χ1) is 8.76. The van der Waals surface area contributed by atoms with E-state index in [2.05, 4.69) is 4.98 Å². The number of amides is 1. The van der Waals surface area contributed by atoms with E-state index in [-0.39, 0.29) is 40.7 Å². The number of aromatic carboxylic acids is 1. The fraction of sp³-hybridized carbons (Fsp3) is 0.583. The summed E-state index contributed by atoms with van der Waals surface area (Å²) in [7, 11) is 0. The number of fused-ring (bicyclic) bond motifs is 1. The molecule has 0 saturated carbocycles. The van der Waals surface area contributed by atoms with Crippen LogP contribution in [0.2, 0.25) is 0 Å². The van der Waals surface area contributed by atoms with Gasteiger partial charge in [-0.1, -0.05) is 0 Å². The minimum Gasteiger partial charge on any atom is -0.542 e. The molecule has 0 aromatic carbocycles. The largest absolute Gasteiger partial charge is 1.00 e. The molecule has 0 atom stereocenters. The maximum atomic E-state index is 11.9. The van der Waals surface area contributed by atoms with Gasteiger partial charge in [0.1, 0.15) is 16.6 Å². The van der Waals surface area contributed by atoms with E-state index in [0.29, 0.717) is 19.5 Å². The smallest absolute Gasteiger partial charge is 0.542 e. The molecule has 2 heterocycles. The summed E-state index contributed by atoms with van der Waals surface area (Å²) >= 11 is 1.06. The zero-order chi connectivity index (χ0) is 14.2. The molecule has 1 aliphatic rings. The second-order valence-electron chi connectivity index (χ2n) is 5.33. The molecule has 20 heavy (non-hydrogen) atoms. The Balaban J connectivity index is 0.00000200. The van der Waals surface area contributed by atoms with Crippen LogP contribution in [0.25, 0.3) is 0 Å². The topological polar surface area (TPSA) is 82.6 Å². The van der Waals surface area contributed by atoms with E-state index in [1.165, 1.54) is 0 Å². The Bertz CT molecular complexity index is 524. The Hall–Kier alpha value is -0.630. The van der Waals surface area contributed by atoms with Crippen molar-refractivity contribution in [2.45, 2.75) is 39.3 Å². The molecule has 104 valence electrons. The van der Waals surface area contributed by atoms with Gasteiger partial charge in [-0.15, -0.1) is 11.3 Å². The van der Waals surface area contributed by atoms with E-state index in [1.807, 2.05) is 0 Å². The van der Waals surface area contributed by atoms with Crippen molar-refractivity contribution in [3.63, 3.8) is 0 Å². The average Bonchev–Trinajstić information content (AvgIpc) is 2.69. The SMILES string of the molecule is CC(C)(C)OC(=O)N1CCc2nc(C(=O)[O-])sc2C1.[Na+].